The molecular weight excluding hydrogens is 536 g/mol. The molecule has 0 saturated heterocycles. The van der Waals surface area contributed by atoms with Crippen LogP contribution in [0.15, 0.2) is 89.5 Å². The predicted molar refractivity (Wildman–Crippen MR) is 152 cm³/mol. The van der Waals surface area contributed by atoms with Crippen molar-refractivity contribution in [3.8, 4) is 54.6 Å². The van der Waals surface area contributed by atoms with E-state index < -0.39 is 0 Å². The van der Waals surface area contributed by atoms with Gasteiger partial charge >= 0.3 is 0 Å². The summed E-state index contributed by atoms with van der Waals surface area (Å²) in [6.45, 7) is 0. The summed E-state index contributed by atoms with van der Waals surface area (Å²) in [7, 11) is 0. The van der Waals surface area contributed by atoms with Crippen molar-refractivity contribution in [1.29, 1.82) is 47.4 Å². The van der Waals surface area contributed by atoms with Gasteiger partial charge in [-0.15, -0.1) is 0 Å². The van der Waals surface area contributed by atoms with Crippen LogP contribution in [0.1, 0.15) is 16.7 Å². The van der Waals surface area contributed by atoms with Gasteiger partial charge in [-0.2, -0.15) is 47.4 Å². The molecule has 0 atom stereocenters. The molecule has 10 heteroatoms. The van der Waals surface area contributed by atoms with Gasteiger partial charge in [0.05, 0.1) is 16.7 Å². The van der Waals surface area contributed by atoms with E-state index in [0.29, 0.717) is 33.8 Å². The second kappa shape index (κ2) is 13.8. The lowest BCUT2D eigenvalue weighted by atomic mass is 10.00. The SMILES string of the molecule is N#CC(C#N)=C(C#N)c1ccc(N(c2ccc(C(C#N)=C(C#N)C#N)cc2)c2ccc(C(C#N)=C(C#N)C#N)cc2)cc1. The Balaban J connectivity index is 2.22. The van der Waals surface area contributed by atoms with E-state index in [1.807, 2.05) is 18.2 Å². The van der Waals surface area contributed by atoms with Crippen LogP contribution in [0.5, 0.6) is 0 Å². The van der Waals surface area contributed by atoms with Crippen LogP contribution < -0.4 is 4.90 Å². The molecule has 3 aromatic rings. The Hall–Kier alpha value is -7.91. The van der Waals surface area contributed by atoms with Gasteiger partial charge < -0.3 is 4.90 Å². The summed E-state index contributed by atoms with van der Waals surface area (Å²) in [5.41, 5.74) is 1.55. The molecule has 0 radical (unpaired) electrons. The zero-order valence-electron chi connectivity index (χ0n) is 21.9. The van der Waals surface area contributed by atoms with Gasteiger partial charge in [-0.3, -0.25) is 0 Å². The highest BCUT2D eigenvalue weighted by atomic mass is 15.1. The maximum absolute atomic E-state index is 9.52. The summed E-state index contributed by atoms with van der Waals surface area (Å²) in [6, 6.07) is 35.3. The lowest BCUT2D eigenvalue weighted by molar-refractivity contribution is 1.28. The number of hydrogen-bond acceptors (Lipinski definition) is 10. The summed E-state index contributed by atoms with van der Waals surface area (Å²) in [4.78, 5) is 1.78. The topological polar surface area (TPSA) is 217 Å². The quantitative estimate of drug-likeness (QED) is 0.321. The molecule has 0 heterocycles. The minimum atomic E-state index is -0.329. The minimum Gasteiger partial charge on any atom is -0.311 e. The molecule has 0 unspecified atom stereocenters. The van der Waals surface area contributed by atoms with E-state index in [1.165, 1.54) is 0 Å². The van der Waals surface area contributed by atoms with Crippen LogP contribution >= 0.6 is 0 Å². The number of benzene rings is 3. The van der Waals surface area contributed by atoms with Gasteiger partial charge in [0.1, 0.15) is 71.3 Å². The zero-order chi connectivity index (χ0) is 31.4. The van der Waals surface area contributed by atoms with Gasteiger partial charge in [0.25, 0.3) is 0 Å². The molecule has 0 aliphatic rings. The van der Waals surface area contributed by atoms with Crippen molar-refractivity contribution in [3.05, 3.63) is 106 Å². The van der Waals surface area contributed by atoms with Gasteiger partial charge in [-0.05, 0) is 53.1 Å². The van der Waals surface area contributed by atoms with Gasteiger partial charge in [0.2, 0.25) is 0 Å². The van der Waals surface area contributed by atoms with Crippen molar-refractivity contribution < 1.29 is 0 Å². The van der Waals surface area contributed by atoms with Crippen molar-refractivity contribution in [2.75, 3.05) is 4.90 Å². The molecule has 0 aliphatic heterocycles. The first-order valence-corrected chi connectivity index (χ1v) is 11.9. The summed E-state index contributed by atoms with van der Waals surface area (Å²) in [5.74, 6) is 0. The fourth-order valence-electron chi connectivity index (χ4n) is 3.98. The molecule has 3 rings (SSSR count). The van der Waals surface area contributed by atoms with Crippen LogP contribution in [0.2, 0.25) is 0 Å². The number of nitrogens with zero attached hydrogens (tertiary/aromatic N) is 10. The smallest absolute Gasteiger partial charge is 0.148 e. The van der Waals surface area contributed by atoms with Gasteiger partial charge in [0, 0.05) is 17.1 Å². The normalized spacial score (nSPS) is 8.72. The average molecular weight is 549 g/mol. The van der Waals surface area contributed by atoms with Crippen molar-refractivity contribution in [2.45, 2.75) is 0 Å². The number of hydrogen-bond donors (Lipinski definition) is 0. The standard InChI is InChI=1S/C33H12N10/c34-13-25(14-35)31(19-40)22-1-7-28(8-2-22)43(29-9-3-23(4-10-29)32(20-41)26(15-36)16-37)30-11-5-24(6-12-30)33(21-42)27(17-38)18-39/h1-12H. The molecule has 3 aromatic carbocycles. The molecule has 194 valence electrons. The second-order valence-electron chi connectivity index (χ2n) is 8.23. The van der Waals surface area contributed by atoms with Gasteiger partial charge in [-0.1, -0.05) is 36.4 Å². The van der Waals surface area contributed by atoms with Crippen LogP contribution in [-0.4, -0.2) is 0 Å². The zero-order valence-corrected chi connectivity index (χ0v) is 21.9. The molecule has 0 bridgehead atoms. The first-order chi connectivity index (χ1) is 20.9. The van der Waals surface area contributed by atoms with Crippen LogP contribution in [0.3, 0.4) is 0 Å². The van der Waals surface area contributed by atoms with Crippen molar-refractivity contribution in [2.24, 2.45) is 0 Å². The molecular formula is C33H12N10. The van der Waals surface area contributed by atoms with Crippen LogP contribution in [0.4, 0.5) is 17.1 Å². The highest BCUT2D eigenvalue weighted by molar-refractivity contribution is 5.88. The average Bonchev–Trinajstić information content (AvgIpc) is 3.06. The molecule has 0 spiro atoms. The molecule has 0 N–H and O–H groups in total. The Morgan fingerprint density at radius 1 is 0.326 bits per heavy atom. The van der Waals surface area contributed by atoms with E-state index in [9.17, 15) is 47.4 Å². The summed E-state index contributed by atoms with van der Waals surface area (Å²) in [6.07, 6.45) is 0. The third-order valence-corrected chi connectivity index (χ3v) is 6.00. The first kappa shape index (κ1) is 29.6. The van der Waals surface area contributed by atoms with E-state index in [1.54, 1.807) is 114 Å². The molecule has 0 amide bonds. The number of rotatable bonds is 6. The third-order valence-electron chi connectivity index (χ3n) is 6.00. The number of allylic oxidation sites excluding steroid dienone is 6. The van der Waals surface area contributed by atoms with E-state index in [4.69, 9.17) is 0 Å². The maximum atomic E-state index is 9.52. The van der Waals surface area contributed by atoms with Crippen LogP contribution in [-0.2, 0) is 0 Å². The molecule has 0 aromatic heterocycles. The highest BCUT2D eigenvalue weighted by Gasteiger charge is 2.17. The Labute approximate surface area is 246 Å². The molecule has 43 heavy (non-hydrogen) atoms. The Morgan fingerprint density at radius 2 is 0.535 bits per heavy atom. The van der Waals surface area contributed by atoms with E-state index in [-0.39, 0.29) is 33.4 Å². The summed E-state index contributed by atoms with van der Waals surface area (Å²) in [5, 5.41) is 83.8. The van der Waals surface area contributed by atoms with E-state index in [0.717, 1.165) is 0 Å². The molecule has 0 saturated carbocycles. The molecule has 0 aliphatic carbocycles. The van der Waals surface area contributed by atoms with Crippen molar-refractivity contribution >= 4 is 33.8 Å². The lowest BCUT2D eigenvalue weighted by Crippen LogP contribution is -2.10. The predicted octanol–water partition coefficient (Wildman–Crippen LogP) is 6.13. The van der Waals surface area contributed by atoms with E-state index in [2.05, 4.69) is 0 Å². The fourth-order valence-corrected chi connectivity index (χ4v) is 3.98. The highest BCUT2D eigenvalue weighted by Crippen LogP contribution is 2.37. The minimum absolute atomic E-state index is 0.0833. The maximum Gasteiger partial charge on any atom is 0.148 e. The largest absolute Gasteiger partial charge is 0.311 e. The van der Waals surface area contributed by atoms with Crippen molar-refractivity contribution in [3.63, 3.8) is 0 Å². The Morgan fingerprint density at radius 3 is 0.698 bits per heavy atom. The molecule has 10 nitrogen and oxygen atoms in total. The van der Waals surface area contributed by atoms with E-state index >= 15 is 0 Å². The van der Waals surface area contributed by atoms with Crippen LogP contribution in [0.25, 0.3) is 16.7 Å². The molecule has 0 fully saturated rings. The Bertz CT molecular complexity index is 1790. The van der Waals surface area contributed by atoms with Gasteiger partial charge in [-0.25, -0.2) is 0 Å². The number of anilines is 3. The first-order valence-electron chi connectivity index (χ1n) is 11.9. The second-order valence-corrected chi connectivity index (χ2v) is 8.23. The third kappa shape index (κ3) is 6.06. The summed E-state index contributed by atoms with van der Waals surface area (Å²) < 4.78 is 0. The van der Waals surface area contributed by atoms with Gasteiger partial charge in [0.15, 0.2) is 0 Å². The summed E-state index contributed by atoms with van der Waals surface area (Å²) >= 11 is 0. The number of nitriles is 9. The van der Waals surface area contributed by atoms with Crippen molar-refractivity contribution in [1.82, 2.24) is 0 Å². The lowest BCUT2D eigenvalue weighted by Gasteiger charge is -2.26. The Kier molecular flexibility index (Phi) is 9.48. The van der Waals surface area contributed by atoms with Crippen LogP contribution in [0, 0.1) is 102 Å². The monoisotopic (exact) mass is 548 g/mol. The fraction of sp³-hybridized carbons (Fsp3) is 0.